The van der Waals surface area contributed by atoms with Gasteiger partial charge in [0.25, 0.3) is 0 Å². The Bertz CT molecular complexity index is 350. The van der Waals surface area contributed by atoms with E-state index in [0.717, 1.165) is 24.0 Å². The maximum absolute atomic E-state index is 6.28. The van der Waals surface area contributed by atoms with E-state index in [9.17, 15) is 0 Å². The van der Waals surface area contributed by atoms with Crippen LogP contribution in [-0.4, -0.2) is 16.9 Å². The lowest BCUT2D eigenvalue weighted by Crippen LogP contribution is -2.26. The van der Waals surface area contributed by atoms with E-state index in [1.165, 1.54) is 5.56 Å². The minimum atomic E-state index is 0.176. The van der Waals surface area contributed by atoms with Crippen LogP contribution in [-0.2, 0) is 6.54 Å². The maximum atomic E-state index is 6.28. The fourth-order valence-corrected chi connectivity index (χ4v) is 2.65. The fourth-order valence-electron chi connectivity index (χ4n) is 1.66. The van der Waals surface area contributed by atoms with Gasteiger partial charge in [-0.25, -0.2) is 0 Å². The lowest BCUT2D eigenvalue weighted by molar-refractivity contribution is 0.364. The van der Waals surface area contributed by atoms with Crippen molar-refractivity contribution in [3.05, 3.63) is 28.5 Å². The molecule has 1 unspecified atom stereocenters. The van der Waals surface area contributed by atoms with Crippen molar-refractivity contribution in [2.24, 2.45) is 5.41 Å². The number of aromatic nitrogens is 1. The van der Waals surface area contributed by atoms with Crippen LogP contribution in [0.4, 0.5) is 0 Å². The molecule has 4 heteroatoms. The first kappa shape index (κ1) is 14.9. The third kappa shape index (κ3) is 7.02. The second-order valence-electron chi connectivity index (χ2n) is 5.50. The van der Waals surface area contributed by atoms with E-state index >= 15 is 0 Å². The molecule has 0 aliphatic heterocycles. The molecule has 0 aromatic carbocycles. The predicted molar refractivity (Wildman–Crippen MR) is 77.4 cm³/mol. The van der Waals surface area contributed by atoms with E-state index in [2.05, 4.69) is 53.1 Å². The Morgan fingerprint density at radius 2 is 2.12 bits per heavy atom. The summed E-state index contributed by atoms with van der Waals surface area (Å²) in [5.41, 5.74) is 1.45. The largest absolute Gasteiger partial charge is 0.311 e. The lowest BCUT2D eigenvalue weighted by Gasteiger charge is -2.22. The highest BCUT2D eigenvalue weighted by Gasteiger charge is 2.16. The second-order valence-corrected chi connectivity index (χ2v) is 7.04. The summed E-state index contributed by atoms with van der Waals surface area (Å²) in [5, 5.41) is 3.53. The van der Waals surface area contributed by atoms with Crippen molar-refractivity contribution in [3.63, 3.8) is 0 Å². The number of nitrogens with one attached hydrogen (secondary N) is 1. The van der Waals surface area contributed by atoms with Gasteiger partial charge in [-0.1, -0.05) is 20.8 Å². The van der Waals surface area contributed by atoms with Crippen LogP contribution in [0.3, 0.4) is 0 Å². The molecular formula is C13H20BrClN2. The molecular weight excluding hydrogens is 300 g/mol. The minimum absolute atomic E-state index is 0.176. The Balaban J connectivity index is 2.28. The van der Waals surface area contributed by atoms with Crippen LogP contribution < -0.4 is 5.32 Å². The van der Waals surface area contributed by atoms with Gasteiger partial charge in [-0.15, -0.1) is 11.6 Å². The van der Waals surface area contributed by atoms with Gasteiger partial charge in [0, 0.05) is 35.3 Å². The van der Waals surface area contributed by atoms with E-state index in [-0.39, 0.29) is 10.8 Å². The van der Waals surface area contributed by atoms with Crippen LogP contribution in [0, 0.1) is 5.41 Å². The molecule has 1 rings (SSSR count). The Morgan fingerprint density at radius 3 is 2.71 bits per heavy atom. The Labute approximate surface area is 117 Å². The molecule has 2 nitrogen and oxygen atoms in total. The molecule has 1 heterocycles. The smallest absolute Gasteiger partial charge is 0.0465 e. The molecule has 0 fully saturated rings. The molecule has 17 heavy (non-hydrogen) atoms. The molecule has 0 aliphatic carbocycles. The van der Waals surface area contributed by atoms with Gasteiger partial charge in [-0.05, 0) is 39.4 Å². The summed E-state index contributed by atoms with van der Waals surface area (Å²) < 4.78 is 1.01. The van der Waals surface area contributed by atoms with E-state index < -0.39 is 0 Å². The standard InChI is InChI=1S/C13H20BrClN2/c1-13(2,3)5-12(15)9-17-7-10-4-11(14)8-16-6-10/h4,6,8,12,17H,5,7,9H2,1-3H3. The van der Waals surface area contributed by atoms with Gasteiger partial charge in [-0.2, -0.15) is 0 Å². The van der Waals surface area contributed by atoms with Crippen LogP contribution in [0.1, 0.15) is 32.8 Å². The quantitative estimate of drug-likeness (QED) is 0.830. The van der Waals surface area contributed by atoms with E-state index in [4.69, 9.17) is 11.6 Å². The molecule has 0 amide bonds. The zero-order valence-electron chi connectivity index (χ0n) is 10.6. The maximum Gasteiger partial charge on any atom is 0.0465 e. The minimum Gasteiger partial charge on any atom is -0.311 e. The highest BCUT2D eigenvalue weighted by molar-refractivity contribution is 9.10. The average molecular weight is 320 g/mol. The summed E-state index contributed by atoms with van der Waals surface area (Å²) in [6.07, 6.45) is 4.66. The second kappa shape index (κ2) is 6.72. The molecule has 1 aromatic rings. The Morgan fingerprint density at radius 1 is 1.41 bits per heavy atom. The van der Waals surface area contributed by atoms with Crippen molar-refractivity contribution in [2.75, 3.05) is 6.54 Å². The summed E-state index contributed by atoms with van der Waals surface area (Å²) in [4.78, 5) is 4.12. The van der Waals surface area contributed by atoms with Crippen molar-refractivity contribution in [1.82, 2.24) is 10.3 Å². The fraction of sp³-hybridized carbons (Fsp3) is 0.615. The molecule has 1 aromatic heterocycles. The molecule has 0 bridgehead atoms. The third-order valence-corrected chi connectivity index (χ3v) is 3.03. The molecule has 0 saturated heterocycles. The topological polar surface area (TPSA) is 24.9 Å². The average Bonchev–Trinajstić information content (AvgIpc) is 2.14. The molecule has 0 saturated carbocycles. The first-order valence-corrected chi connectivity index (χ1v) is 7.04. The Kier molecular flexibility index (Phi) is 5.90. The summed E-state index contributed by atoms with van der Waals surface area (Å²) in [7, 11) is 0. The number of nitrogens with zero attached hydrogens (tertiary/aromatic N) is 1. The van der Waals surface area contributed by atoms with Gasteiger partial charge in [0.05, 0.1) is 0 Å². The summed E-state index contributed by atoms with van der Waals surface area (Å²) in [5.74, 6) is 0. The van der Waals surface area contributed by atoms with Crippen LogP contribution in [0.2, 0.25) is 0 Å². The number of alkyl halides is 1. The van der Waals surface area contributed by atoms with Crippen LogP contribution in [0.15, 0.2) is 22.9 Å². The van der Waals surface area contributed by atoms with Gasteiger partial charge < -0.3 is 5.32 Å². The number of pyridine rings is 1. The van der Waals surface area contributed by atoms with Crippen LogP contribution in [0.25, 0.3) is 0 Å². The molecule has 0 aliphatic rings. The van der Waals surface area contributed by atoms with Gasteiger partial charge >= 0.3 is 0 Å². The molecule has 1 N–H and O–H groups in total. The highest BCUT2D eigenvalue weighted by Crippen LogP contribution is 2.23. The molecule has 96 valence electrons. The van der Waals surface area contributed by atoms with Crippen LogP contribution >= 0.6 is 27.5 Å². The monoisotopic (exact) mass is 318 g/mol. The van der Waals surface area contributed by atoms with E-state index in [0.29, 0.717) is 0 Å². The Hall–Kier alpha value is -0.120. The van der Waals surface area contributed by atoms with Crippen LogP contribution in [0.5, 0.6) is 0 Å². The molecule has 0 spiro atoms. The molecule has 0 radical (unpaired) electrons. The van der Waals surface area contributed by atoms with Crippen molar-refractivity contribution in [1.29, 1.82) is 0 Å². The third-order valence-electron chi connectivity index (χ3n) is 2.29. The number of halogens is 2. The van der Waals surface area contributed by atoms with E-state index in [1.54, 1.807) is 6.20 Å². The number of hydrogen-bond acceptors (Lipinski definition) is 2. The molecule has 1 atom stereocenters. The van der Waals surface area contributed by atoms with Gasteiger partial charge in [-0.3, -0.25) is 4.98 Å². The predicted octanol–water partition coefficient (Wildman–Crippen LogP) is 3.98. The lowest BCUT2D eigenvalue weighted by atomic mass is 9.90. The number of hydrogen-bond donors (Lipinski definition) is 1. The number of rotatable bonds is 5. The van der Waals surface area contributed by atoms with Crippen molar-refractivity contribution >= 4 is 27.5 Å². The van der Waals surface area contributed by atoms with Crippen molar-refractivity contribution < 1.29 is 0 Å². The summed E-state index contributed by atoms with van der Waals surface area (Å²) in [6, 6.07) is 2.06. The van der Waals surface area contributed by atoms with Gasteiger partial charge in [0.1, 0.15) is 0 Å². The van der Waals surface area contributed by atoms with Crippen molar-refractivity contribution in [2.45, 2.75) is 39.1 Å². The zero-order chi connectivity index (χ0) is 12.9. The van der Waals surface area contributed by atoms with Gasteiger partial charge in [0.15, 0.2) is 0 Å². The highest BCUT2D eigenvalue weighted by atomic mass is 79.9. The van der Waals surface area contributed by atoms with E-state index in [1.807, 2.05) is 6.20 Å². The SMILES string of the molecule is CC(C)(C)CC(Cl)CNCc1cncc(Br)c1. The zero-order valence-corrected chi connectivity index (χ0v) is 13.0. The summed E-state index contributed by atoms with van der Waals surface area (Å²) >= 11 is 9.68. The normalized spacial score (nSPS) is 13.7. The first-order chi connectivity index (χ1) is 7.87. The first-order valence-electron chi connectivity index (χ1n) is 5.81. The summed E-state index contributed by atoms with van der Waals surface area (Å²) in [6.45, 7) is 8.26. The van der Waals surface area contributed by atoms with Crippen molar-refractivity contribution in [3.8, 4) is 0 Å². The van der Waals surface area contributed by atoms with Gasteiger partial charge in [0.2, 0.25) is 0 Å².